The second-order valence-corrected chi connectivity index (χ2v) is 2.31. The quantitative estimate of drug-likeness (QED) is 0.728. The van der Waals surface area contributed by atoms with Gasteiger partial charge in [0.05, 0.1) is 12.3 Å². The summed E-state index contributed by atoms with van der Waals surface area (Å²) in [4.78, 5) is 7.31. The van der Waals surface area contributed by atoms with Crippen LogP contribution in [0, 0.1) is 0 Å². The molecule has 0 saturated heterocycles. The number of hydrogen-bond acceptors (Lipinski definition) is 3. The normalized spacial score (nSPS) is 11.6. The van der Waals surface area contributed by atoms with E-state index in [1.54, 1.807) is 0 Å². The number of rotatable bonds is 3. The van der Waals surface area contributed by atoms with Gasteiger partial charge < -0.3 is 4.74 Å². The van der Waals surface area contributed by atoms with Crippen LogP contribution in [0.25, 0.3) is 0 Å². The van der Waals surface area contributed by atoms with Crippen LogP contribution in [0.1, 0.15) is 5.69 Å². The molecule has 0 spiro atoms. The van der Waals surface area contributed by atoms with E-state index in [1.807, 2.05) is 0 Å². The number of aromatic nitrogens is 2. The molecule has 3 nitrogen and oxygen atoms in total. The number of halogens is 3. The van der Waals surface area contributed by atoms with Crippen molar-refractivity contribution in [2.75, 3.05) is 6.61 Å². The van der Waals surface area contributed by atoms with Crippen LogP contribution in [-0.4, -0.2) is 22.8 Å². The molecule has 6 heteroatoms. The molecule has 0 radical (unpaired) electrons. The number of alkyl halides is 3. The van der Waals surface area contributed by atoms with Crippen molar-refractivity contribution in [1.82, 2.24) is 9.97 Å². The molecule has 0 saturated carbocycles. The highest BCUT2D eigenvalue weighted by Gasteiger charge is 2.27. The Morgan fingerprint density at radius 2 is 2.15 bits per heavy atom. The third-order valence-corrected chi connectivity index (χ3v) is 1.16. The van der Waals surface area contributed by atoms with Crippen molar-refractivity contribution in [3.63, 3.8) is 0 Å². The molecule has 0 amide bonds. The van der Waals surface area contributed by atoms with Crippen LogP contribution in [0.4, 0.5) is 13.2 Å². The number of ether oxygens (including phenoxy) is 1. The zero-order valence-electron chi connectivity index (χ0n) is 6.58. The van der Waals surface area contributed by atoms with E-state index in [-0.39, 0.29) is 6.61 Å². The van der Waals surface area contributed by atoms with E-state index in [0.717, 1.165) is 0 Å². The monoisotopic (exact) mass is 192 g/mol. The third kappa shape index (κ3) is 4.41. The molecule has 0 N–H and O–H groups in total. The standard InChI is InChI=1S/C7H7F3N2O/c8-7(9,10)4-13-3-6-1-2-11-5-12-6/h1-2,5H,3-4H2. The maximum Gasteiger partial charge on any atom is 0.411 e. The molecular formula is C7H7F3N2O. The summed E-state index contributed by atoms with van der Waals surface area (Å²) < 4.78 is 39.2. The molecule has 0 aromatic carbocycles. The predicted octanol–water partition coefficient (Wildman–Crippen LogP) is 1.56. The highest BCUT2D eigenvalue weighted by Crippen LogP contribution is 2.14. The van der Waals surface area contributed by atoms with Crippen LogP contribution in [0.2, 0.25) is 0 Å². The maximum atomic E-state index is 11.6. The summed E-state index contributed by atoms with van der Waals surface area (Å²) >= 11 is 0. The number of nitrogens with zero attached hydrogens (tertiary/aromatic N) is 2. The van der Waals surface area contributed by atoms with Gasteiger partial charge in [-0.05, 0) is 6.07 Å². The van der Waals surface area contributed by atoms with Crippen LogP contribution in [0.3, 0.4) is 0 Å². The number of hydrogen-bond donors (Lipinski definition) is 0. The van der Waals surface area contributed by atoms with Crippen molar-refractivity contribution in [3.05, 3.63) is 24.3 Å². The Bertz CT molecular complexity index is 250. The van der Waals surface area contributed by atoms with E-state index in [2.05, 4.69) is 14.7 Å². The van der Waals surface area contributed by atoms with E-state index in [9.17, 15) is 13.2 Å². The molecule has 0 aliphatic carbocycles. The van der Waals surface area contributed by atoms with Gasteiger partial charge in [0.2, 0.25) is 0 Å². The Morgan fingerprint density at radius 3 is 2.69 bits per heavy atom. The van der Waals surface area contributed by atoms with Crippen molar-refractivity contribution < 1.29 is 17.9 Å². The molecule has 13 heavy (non-hydrogen) atoms. The molecular weight excluding hydrogens is 185 g/mol. The minimum Gasteiger partial charge on any atom is -0.366 e. The molecule has 72 valence electrons. The molecule has 0 unspecified atom stereocenters. The second kappa shape index (κ2) is 4.18. The summed E-state index contributed by atoms with van der Waals surface area (Å²) in [7, 11) is 0. The fourth-order valence-corrected chi connectivity index (χ4v) is 0.675. The first kappa shape index (κ1) is 9.91. The fraction of sp³-hybridized carbons (Fsp3) is 0.429. The van der Waals surface area contributed by atoms with Gasteiger partial charge in [-0.15, -0.1) is 0 Å². The molecule has 0 aliphatic heterocycles. The Balaban J connectivity index is 2.29. The summed E-state index contributed by atoms with van der Waals surface area (Å²) in [6, 6.07) is 1.50. The second-order valence-electron chi connectivity index (χ2n) is 2.31. The van der Waals surface area contributed by atoms with E-state index >= 15 is 0 Å². The lowest BCUT2D eigenvalue weighted by Crippen LogP contribution is -2.16. The van der Waals surface area contributed by atoms with Gasteiger partial charge in [-0.25, -0.2) is 9.97 Å². The Morgan fingerprint density at radius 1 is 1.38 bits per heavy atom. The Hall–Kier alpha value is -1.17. The summed E-state index contributed by atoms with van der Waals surface area (Å²) in [6.07, 6.45) is -1.58. The molecule has 0 aliphatic rings. The lowest BCUT2D eigenvalue weighted by Gasteiger charge is -2.06. The SMILES string of the molecule is FC(F)(F)COCc1ccncn1. The average molecular weight is 192 g/mol. The van der Waals surface area contributed by atoms with Gasteiger partial charge in [0.15, 0.2) is 0 Å². The van der Waals surface area contributed by atoms with E-state index in [1.165, 1.54) is 18.6 Å². The topological polar surface area (TPSA) is 35.0 Å². The molecule has 0 fully saturated rings. The van der Waals surface area contributed by atoms with Gasteiger partial charge in [0, 0.05) is 6.20 Å². The largest absolute Gasteiger partial charge is 0.411 e. The molecule has 1 rings (SSSR count). The van der Waals surface area contributed by atoms with E-state index < -0.39 is 12.8 Å². The zero-order valence-corrected chi connectivity index (χ0v) is 6.58. The third-order valence-electron chi connectivity index (χ3n) is 1.16. The maximum absolute atomic E-state index is 11.6. The van der Waals surface area contributed by atoms with Crippen molar-refractivity contribution in [3.8, 4) is 0 Å². The van der Waals surface area contributed by atoms with Gasteiger partial charge >= 0.3 is 6.18 Å². The van der Waals surface area contributed by atoms with Gasteiger partial charge in [0.1, 0.15) is 12.9 Å². The van der Waals surface area contributed by atoms with Gasteiger partial charge in [-0.2, -0.15) is 13.2 Å². The van der Waals surface area contributed by atoms with Crippen molar-refractivity contribution in [2.45, 2.75) is 12.8 Å². The van der Waals surface area contributed by atoms with Crippen molar-refractivity contribution in [1.29, 1.82) is 0 Å². The highest BCUT2D eigenvalue weighted by atomic mass is 19.4. The fourth-order valence-electron chi connectivity index (χ4n) is 0.675. The van der Waals surface area contributed by atoms with Crippen LogP contribution in [-0.2, 0) is 11.3 Å². The lowest BCUT2D eigenvalue weighted by atomic mass is 10.4. The smallest absolute Gasteiger partial charge is 0.366 e. The first-order chi connectivity index (χ1) is 6.08. The Kier molecular flexibility index (Phi) is 3.18. The molecule has 1 aromatic rings. The highest BCUT2D eigenvalue weighted by molar-refractivity contribution is 4.95. The van der Waals surface area contributed by atoms with Crippen LogP contribution >= 0.6 is 0 Å². The molecule has 1 heterocycles. The van der Waals surface area contributed by atoms with Gasteiger partial charge in [-0.1, -0.05) is 0 Å². The first-order valence-corrected chi connectivity index (χ1v) is 3.47. The summed E-state index contributed by atoms with van der Waals surface area (Å²) in [5, 5.41) is 0. The van der Waals surface area contributed by atoms with Crippen LogP contribution in [0.5, 0.6) is 0 Å². The minimum atomic E-state index is -4.28. The average Bonchev–Trinajstić information content (AvgIpc) is 2.04. The minimum absolute atomic E-state index is 0.151. The first-order valence-electron chi connectivity index (χ1n) is 3.47. The lowest BCUT2D eigenvalue weighted by molar-refractivity contribution is -0.176. The predicted molar refractivity (Wildman–Crippen MR) is 37.7 cm³/mol. The molecule has 0 atom stereocenters. The summed E-state index contributed by atoms with van der Waals surface area (Å²) in [5.74, 6) is 0. The molecule has 1 aromatic heterocycles. The van der Waals surface area contributed by atoms with Gasteiger partial charge in [-0.3, -0.25) is 0 Å². The van der Waals surface area contributed by atoms with E-state index in [0.29, 0.717) is 5.69 Å². The van der Waals surface area contributed by atoms with Gasteiger partial charge in [0.25, 0.3) is 0 Å². The van der Waals surface area contributed by atoms with Crippen molar-refractivity contribution in [2.24, 2.45) is 0 Å². The van der Waals surface area contributed by atoms with Crippen molar-refractivity contribution >= 4 is 0 Å². The van der Waals surface area contributed by atoms with Crippen LogP contribution in [0.15, 0.2) is 18.6 Å². The molecule has 0 bridgehead atoms. The summed E-state index contributed by atoms with van der Waals surface area (Å²) in [5.41, 5.74) is 0.430. The zero-order chi connectivity index (χ0) is 9.73. The Labute approximate surface area is 72.6 Å². The van der Waals surface area contributed by atoms with Crippen LogP contribution < -0.4 is 0 Å². The summed E-state index contributed by atoms with van der Waals surface area (Å²) in [6.45, 7) is -1.40. The van der Waals surface area contributed by atoms with E-state index in [4.69, 9.17) is 0 Å².